The highest BCUT2D eigenvalue weighted by Crippen LogP contribution is 2.23. The van der Waals surface area contributed by atoms with Crippen molar-refractivity contribution in [1.82, 2.24) is 5.32 Å². The summed E-state index contributed by atoms with van der Waals surface area (Å²) in [6, 6.07) is 6.41. The molecule has 0 amide bonds. The average Bonchev–Trinajstić information content (AvgIpc) is 2.24. The maximum atomic E-state index is 5.98. The minimum Gasteiger partial charge on any atom is -0.313 e. The first-order chi connectivity index (χ1) is 7.19. The van der Waals surface area contributed by atoms with Crippen molar-refractivity contribution in [2.24, 2.45) is 0 Å². The lowest BCUT2D eigenvalue weighted by molar-refractivity contribution is 0.558. The minimum atomic E-state index is 0.317. The summed E-state index contributed by atoms with van der Waals surface area (Å²) in [6.07, 6.45) is 7.00. The number of hydrogen-bond acceptors (Lipinski definition) is 1. The summed E-state index contributed by atoms with van der Waals surface area (Å²) in [5, 5.41) is 4.07. The van der Waals surface area contributed by atoms with Crippen LogP contribution in [0.3, 0.4) is 0 Å². The van der Waals surface area contributed by atoms with Crippen molar-refractivity contribution in [1.29, 1.82) is 0 Å². The van der Waals surface area contributed by atoms with E-state index in [1.165, 1.54) is 5.56 Å². The molecular formula is C13H16ClN. The van der Waals surface area contributed by atoms with E-state index in [1.54, 1.807) is 0 Å². The number of halogens is 1. The molecule has 1 unspecified atom stereocenters. The number of terminal acetylenes is 1. The Morgan fingerprint density at radius 1 is 1.53 bits per heavy atom. The third kappa shape index (κ3) is 3.27. The maximum absolute atomic E-state index is 5.98. The van der Waals surface area contributed by atoms with Gasteiger partial charge < -0.3 is 5.32 Å². The third-order valence-electron chi connectivity index (χ3n) is 2.51. The second-order valence-corrected chi connectivity index (χ2v) is 4.00. The van der Waals surface area contributed by atoms with Crippen molar-refractivity contribution in [3.63, 3.8) is 0 Å². The average molecular weight is 222 g/mol. The van der Waals surface area contributed by atoms with Gasteiger partial charge in [-0.3, -0.25) is 0 Å². The maximum Gasteiger partial charge on any atom is 0.0435 e. The van der Waals surface area contributed by atoms with Crippen molar-refractivity contribution >= 4 is 11.6 Å². The molecule has 0 aromatic heterocycles. The van der Waals surface area contributed by atoms with Crippen LogP contribution in [0.4, 0.5) is 0 Å². The Morgan fingerprint density at radius 2 is 2.27 bits per heavy atom. The molecule has 0 heterocycles. The van der Waals surface area contributed by atoms with E-state index in [0.29, 0.717) is 6.04 Å². The summed E-state index contributed by atoms with van der Waals surface area (Å²) >= 11 is 5.98. The van der Waals surface area contributed by atoms with Crippen LogP contribution in [0.15, 0.2) is 18.2 Å². The fourth-order valence-electron chi connectivity index (χ4n) is 1.59. The highest BCUT2D eigenvalue weighted by Gasteiger charge is 2.08. The first-order valence-electron chi connectivity index (χ1n) is 5.05. The summed E-state index contributed by atoms with van der Waals surface area (Å²) in [7, 11) is 1.95. The molecule has 0 radical (unpaired) electrons. The van der Waals surface area contributed by atoms with E-state index in [-0.39, 0.29) is 0 Å². The van der Waals surface area contributed by atoms with Crippen LogP contribution in [0, 0.1) is 19.3 Å². The zero-order valence-electron chi connectivity index (χ0n) is 9.18. The Morgan fingerprint density at radius 3 is 2.80 bits per heavy atom. The fraction of sp³-hybridized carbons (Fsp3) is 0.385. The first kappa shape index (κ1) is 12.1. The highest BCUT2D eigenvalue weighted by atomic mass is 35.5. The zero-order valence-corrected chi connectivity index (χ0v) is 9.93. The van der Waals surface area contributed by atoms with Gasteiger partial charge in [-0.2, -0.15) is 0 Å². The molecule has 1 aromatic rings. The number of hydrogen-bond donors (Lipinski definition) is 1. The van der Waals surface area contributed by atoms with Gasteiger partial charge in [0.15, 0.2) is 0 Å². The Labute approximate surface area is 96.8 Å². The molecule has 0 fully saturated rings. The van der Waals surface area contributed by atoms with Gasteiger partial charge in [0.2, 0.25) is 0 Å². The molecule has 1 rings (SSSR count). The van der Waals surface area contributed by atoms with Crippen molar-refractivity contribution in [2.75, 3.05) is 7.05 Å². The molecule has 0 spiro atoms. The van der Waals surface area contributed by atoms with Gasteiger partial charge in [-0.25, -0.2) is 0 Å². The Balaban J connectivity index is 2.83. The monoisotopic (exact) mass is 221 g/mol. The van der Waals surface area contributed by atoms with Gasteiger partial charge in [-0.15, -0.1) is 12.3 Å². The molecule has 0 saturated carbocycles. The van der Waals surface area contributed by atoms with E-state index in [2.05, 4.69) is 17.3 Å². The van der Waals surface area contributed by atoms with Gasteiger partial charge >= 0.3 is 0 Å². The quantitative estimate of drug-likeness (QED) is 0.770. The van der Waals surface area contributed by atoms with Gasteiger partial charge in [0, 0.05) is 17.5 Å². The third-order valence-corrected chi connectivity index (χ3v) is 2.93. The van der Waals surface area contributed by atoms with Crippen molar-refractivity contribution < 1.29 is 0 Å². The molecule has 15 heavy (non-hydrogen) atoms. The molecular weight excluding hydrogens is 206 g/mol. The van der Waals surface area contributed by atoms with Gasteiger partial charge in [-0.05, 0) is 37.6 Å². The lowest BCUT2D eigenvalue weighted by Gasteiger charge is -2.16. The van der Waals surface area contributed by atoms with E-state index >= 15 is 0 Å². The van der Waals surface area contributed by atoms with E-state index in [9.17, 15) is 0 Å². The van der Waals surface area contributed by atoms with Gasteiger partial charge in [0.25, 0.3) is 0 Å². The molecule has 0 aliphatic heterocycles. The molecule has 1 atom stereocenters. The van der Waals surface area contributed by atoms with Crippen LogP contribution in [0.1, 0.15) is 30.0 Å². The topological polar surface area (TPSA) is 12.0 Å². The molecule has 0 saturated heterocycles. The number of nitrogens with one attached hydrogen (secondary N) is 1. The van der Waals surface area contributed by atoms with E-state index in [1.807, 2.05) is 26.1 Å². The van der Waals surface area contributed by atoms with Crippen molar-refractivity contribution in [3.05, 3.63) is 34.3 Å². The van der Waals surface area contributed by atoms with Crippen LogP contribution >= 0.6 is 11.6 Å². The molecule has 1 aromatic carbocycles. The fourth-order valence-corrected chi connectivity index (χ4v) is 1.71. The standard InChI is InChI=1S/C13H16ClN/c1-4-5-6-13(15-3)11-7-8-12(14)10(2)9-11/h1,7-9,13,15H,5-6H2,2-3H3. The molecule has 0 aliphatic carbocycles. The summed E-state index contributed by atoms with van der Waals surface area (Å²) < 4.78 is 0. The van der Waals surface area contributed by atoms with E-state index in [4.69, 9.17) is 18.0 Å². The van der Waals surface area contributed by atoms with Gasteiger partial charge in [-0.1, -0.05) is 23.7 Å². The van der Waals surface area contributed by atoms with Crippen molar-refractivity contribution in [2.45, 2.75) is 25.8 Å². The zero-order chi connectivity index (χ0) is 11.3. The molecule has 0 aliphatic rings. The molecule has 80 valence electrons. The Bertz CT molecular complexity index is 365. The minimum absolute atomic E-state index is 0.317. The summed E-state index contributed by atoms with van der Waals surface area (Å²) in [6.45, 7) is 2.01. The number of benzene rings is 1. The van der Waals surface area contributed by atoms with Crippen LogP contribution < -0.4 is 5.32 Å². The predicted octanol–water partition coefficient (Wildman–Crippen LogP) is 3.32. The lowest BCUT2D eigenvalue weighted by Crippen LogP contribution is -2.16. The first-order valence-corrected chi connectivity index (χ1v) is 5.43. The summed E-state index contributed by atoms with van der Waals surface area (Å²) in [5.74, 6) is 2.66. The molecule has 1 nitrogen and oxygen atoms in total. The van der Waals surface area contributed by atoms with Crippen LogP contribution in [-0.4, -0.2) is 7.05 Å². The lowest BCUT2D eigenvalue weighted by atomic mass is 10.0. The predicted molar refractivity (Wildman–Crippen MR) is 66.1 cm³/mol. The second kappa shape index (κ2) is 5.80. The van der Waals surface area contributed by atoms with Gasteiger partial charge in [0.1, 0.15) is 0 Å². The van der Waals surface area contributed by atoms with Crippen LogP contribution in [0.5, 0.6) is 0 Å². The molecule has 0 bridgehead atoms. The molecule has 2 heteroatoms. The Hall–Kier alpha value is -0.970. The normalized spacial score (nSPS) is 12.1. The van der Waals surface area contributed by atoms with E-state index < -0.39 is 0 Å². The highest BCUT2D eigenvalue weighted by molar-refractivity contribution is 6.31. The van der Waals surface area contributed by atoms with E-state index in [0.717, 1.165) is 23.4 Å². The number of aryl methyl sites for hydroxylation is 1. The van der Waals surface area contributed by atoms with Crippen LogP contribution in [-0.2, 0) is 0 Å². The SMILES string of the molecule is C#CCCC(NC)c1ccc(Cl)c(C)c1. The summed E-state index contributed by atoms with van der Waals surface area (Å²) in [4.78, 5) is 0. The van der Waals surface area contributed by atoms with Gasteiger partial charge in [0.05, 0.1) is 0 Å². The largest absolute Gasteiger partial charge is 0.313 e. The molecule has 1 N–H and O–H groups in total. The summed E-state index contributed by atoms with van der Waals surface area (Å²) in [5.41, 5.74) is 2.35. The van der Waals surface area contributed by atoms with Crippen molar-refractivity contribution in [3.8, 4) is 12.3 Å². The van der Waals surface area contributed by atoms with Crippen LogP contribution in [0.2, 0.25) is 5.02 Å². The Kier molecular flexibility index (Phi) is 4.68. The second-order valence-electron chi connectivity index (χ2n) is 3.59. The number of rotatable bonds is 4. The smallest absolute Gasteiger partial charge is 0.0435 e. The van der Waals surface area contributed by atoms with Crippen LogP contribution in [0.25, 0.3) is 0 Å².